The number of hydrogen-bond donors (Lipinski definition) is 1. The third-order valence-electron chi connectivity index (χ3n) is 17.6. The van der Waals surface area contributed by atoms with Crippen molar-refractivity contribution in [2.75, 3.05) is 0 Å². The van der Waals surface area contributed by atoms with Gasteiger partial charge in [0.05, 0.1) is 5.71 Å². The van der Waals surface area contributed by atoms with E-state index in [1.165, 1.54) is 76.8 Å². The van der Waals surface area contributed by atoms with Gasteiger partial charge in [-0.05, 0) is 128 Å². The molecule has 0 radical (unpaired) electrons. The van der Waals surface area contributed by atoms with Crippen LogP contribution in [0.15, 0.2) is 191 Å². The zero-order valence-corrected chi connectivity index (χ0v) is 38.3. The molecule has 4 aromatic rings. The van der Waals surface area contributed by atoms with Crippen molar-refractivity contribution in [3.05, 3.63) is 230 Å². The second-order valence-corrected chi connectivity index (χ2v) is 22.3. The maximum atomic E-state index is 5.51. The van der Waals surface area contributed by atoms with Crippen molar-refractivity contribution >= 4 is 34.3 Å². The normalized spacial score (nSPS) is 31.1. The second-order valence-electron chi connectivity index (χ2n) is 21.1. The SMILES string of the molecule is CC1(C)C2=C(CC3C(=C2)c2c(C4C=CC5=C(C4)C4C=CC=C(C6=NC(c7ccccc7)NC(c7ccc(C8C9C=CC=CC98)cc7)=C6)C4S5)cccc2C32CCCCC2)c2ccccc21. The van der Waals surface area contributed by atoms with E-state index in [4.69, 9.17) is 4.99 Å². The Kier molecular flexibility index (Phi) is 8.57. The van der Waals surface area contributed by atoms with Crippen LogP contribution in [0.3, 0.4) is 0 Å². The van der Waals surface area contributed by atoms with Crippen molar-refractivity contribution in [3.63, 3.8) is 0 Å². The molecule has 0 bridgehead atoms. The van der Waals surface area contributed by atoms with E-state index in [1.54, 1.807) is 39.0 Å². The third-order valence-corrected chi connectivity index (χ3v) is 19.1. The maximum absolute atomic E-state index is 5.51. The van der Waals surface area contributed by atoms with Gasteiger partial charge in [0, 0.05) is 38.5 Å². The topological polar surface area (TPSA) is 24.4 Å². The van der Waals surface area contributed by atoms with E-state index >= 15 is 0 Å². The van der Waals surface area contributed by atoms with Crippen molar-refractivity contribution < 1.29 is 0 Å². The third kappa shape index (κ3) is 5.76. The molecular formula is C62H56N2S. The number of rotatable bonds is 5. The first-order valence-electron chi connectivity index (χ1n) is 24.7. The van der Waals surface area contributed by atoms with Gasteiger partial charge in [0.1, 0.15) is 6.17 Å². The molecule has 2 aliphatic heterocycles. The highest BCUT2D eigenvalue weighted by Gasteiger charge is 2.54. The van der Waals surface area contributed by atoms with E-state index in [0.29, 0.717) is 40.8 Å². The van der Waals surface area contributed by atoms with Crippen LogP contribution < -0.4 is 5.32 Å². The Morgan fingerprint density at radius 1 is 0.692 bits per heavy atom. The minimum absolute atomic E-state index is 0.0195. The van der Waals surface area contributed by atoms with Crippen LogP contribution in [0.25, 0.3) is 16.8 Å². The van der Waals surface area contributed by atoms with Gasteiger partial charge < -0.3 is 5.32 Å². The fraction of sp³-hybridized carbons (Fsp3) is 0.306. The van der Waals surface area contributed by atoms with E-state index in [2.05, 4.69) is 195 Å². The van der Waals surface area contributed by atoms with Crippen LogP contribution in [-0.4, -0.2) is 11.0 Å². The Balaban J connectivity index is 0.786. The lowest BCUT2D eigenvalue weighted by atomic mass is 9.62. The fourth-order valence-electron chi connectivity index (χ4n) is 14.4. The zero-order valence-electron chi connectivity index (χ0n) is 37.5. The van der Waals surface area contributed by atoms with Gasteiger partial charge in [-0.15, -0.1) is 11.8 Å². The molecule has 1 spiro atoms. The van der Waals surface area contributed by atoms with Crippen molar-refractivity contribution in [3.8, 4) is 0 Å². The summed E-state index contributed by atoms with van der Waals surface area (Å²) in [6, 6.07) is 37.0. The summed E-state index contributed by atoms with van der Waals surface area (Å²) in [7, 11) is 0. The van der Waals surface area contributed by atoms with Gasteiger partial charge in [-0.25, -0.2) is 0 Å². The zero-order chi connectivity index (χ0) is 43.0. The number of thioether (sulfide) groups is 1. The Hall–Kier alpha value is -5.64. The molecule has 3 heteroatoms. The van der Waals surface area contributed by atoms with Crippen LogP contribution in [0.5, 0.6) is 0 Å². The Bertz CT molecular complexity index is 3010. The predicted molar refractivity (Wildman–Crippen MR) is 271 cm³/mol. The molecule has 2 fully saturated rings. The summed E-state index contributed by atoms with van der Waals surface area (Å²) in [5.74, 6) is 3.17. The quantitative estimate of drug-likeness (QED) is 0.216. The second kappa shape index (κ2) is 14.4. The number of allylic oxidation sites excluding steroid dienone is 15. The molecule has 65 heavy (non-hydrogen) atoms. The van der Waals surface area contributed by atoms with Gasteiger partial charge in [-0.1, -0.05) is 191 Å². The molecule has 0 saturated heterocycles. The molecule has 8 aliphatic carbocycles. The minimum Gasteiger partial charge on any atom is -0.360 e. The number of aliphatic imine (C=N–C) groups is 1. The monoisotopic (exact) mass is 860 g/mol. The van der Waals surface area contributed by atoms with Crippen molar-refractivity contribution in [2.45, 2.75) is 92.9 Å². The Morgan fingerprint density at radius 2 is 1.48 bits per heavy atom. The summed E-state index contributed by atoms with van der Waals surface area (Å²) in [4.78, 5) is 6.99. The van der Waals surface area contributed by atoms with Gasteiger partial charge in [-0.3, -0.25) is 4.99 Å². The molecule has 2 heterocycles. The smallest absolute Gasteiger partial charge is 0.145 e. The molecular weight excluding hydrogens is 805 g/mol. The lowest BCUT2D eigenvalue weighted by molar-refractivity contribution is 0.242. The molecule has 4 aromatic carbocycles. The first kappa shape index (κ1) is 38.6. The van der Waals surface area contributed by atoms with Gasteiger partial charge >= 0.3 is 0 Å². The van der Waals surface area contributed by atoms with Crippen molar-refractivity contribution in [1.29, 1.82) is 0 Å². The lowest BCUT2D eigenvalue weighted by Gasteiger charge is -2.42. The van der Waals surface area contributed by atoms with E-state index in [-0.39, 0.29) is 17.0 Å². The molecule has 320 valence electrons. The summed E-state index contributed by atoms with van der Waals surface area (Å²) >= 11 is 2.07. The molecule has 14 rings (SSSR count). The molecule has 1 N–H and O–H groups in total. The van der Waals surface area contributed by atoms with Crippen molar-refractivity contribution in [1.82, 2.24) is 5.32 Å². The van der Waals surface area contributed by atoms with E-state index in [9.17, 15) is 0 Å². The molecule has 7 atom stereocenters. The van der Waals surface area contributed by atoms with Crippen LogP contribution in [0, 0.1) is 23.7 Å². The molecule has 0 amide bonds. The molecule has 7 unspecified atom stereocenters. The van der Waals surface area contributed by atoms with E-state index in [0.717, 1.165) is 17.8 Å². The number of nitrogens with zero attached hydrogens (tertiary/aromatic N) is 1. The van der Waals surface area contributed by atoms with Crippen LogP contribution in [0.1, 0.15) is 121 Å². The van der Waals surface area contributed by atoms with Gasteiger partial charge in [0.15, 0.2) is 0 Å². The number of nitrogens with one attached hydrogen (secondary N) is 1. The highest BCUT2D eigenvalue weighted by Crippen LogP contribution is 2.66. The Morgan fingerprint density at radius 3 is 2.31 bits per heavy atom. The number of hydrogen-bond acceptors (Lipinski definition) is 3. The molecule has 10 aliphatic rings. The summed E-state index contributed by atoms with van der Waals surface area (Å²) in [5.41, 5.74) is 22.0. The molecule has 2 nitrogen and oxygen atoms in total. The summed E-state index contributed by atoms with van der Waals surface area (Å²) in [6.07, 6.45) is 35.3. The van der Waals surface area contributed by atoms with Crippen LogP contribution in [0.4, 0.5) is 0 Å². The average molecular weight is 861 g/mol. The van der Waals surface area contributed by atoms with Gasteiger partial charge in [0.2, 0.25) is 0 Å². The standard InChI is InChI=1S/C62H56N2S/c1-61(2)50-23-10-9-17-42(50)47-34-53-49(35-52(47)61)58-41(20-14-24-51(58)62(53)31-11-4-12-32-62)40-29-30-56-48(33-40)45-21-13-22-46(59(45)65-56)55-36-54(63-60(64-55)39-15-5-3-6-16-39)37-25-27-38(28-26-37)57-43-18-7-8-19-44(43)57/h3,5-10,13-30,35-36,40,43-45,53,57,59-60,63H,4,11-12,31-34H2,1-2H3. The fourth-order valence-corrected chi connectivity index (χ4v) is 15.9. The Labute approximate surface area is 389 Å². The van der Waals surface area contributed by atoms with Crippen LogP contribution in [-0.2, 0) is 10.8 Å². The predicted octanol–water partition coefficient (Wildman–Crippen LogP) is 14.8. The highest BCUT2D eigenvalue weighted by molar-refractivity contribution is 8.04. The summed E-state index contributed by atoms with van der Waals surface area (Å²) < 4.78 is 0. The highest BCUT2D eigenvalue weighted by atomic mass is 32.2. The first-order valence-corrected chi connectivity index (χ1v) is 25.5. The number of fused-ring (bicyclic) bond motifs is 10. The lowest BCUT2D eigenvalue weighted by Crippen LogP contribution is -2.34. The summed E-state index contributed by atoms with van der Waals surface area (Å²) in [6.45, 7) is 4.94. The largest absolute Gasteiger partial charge is 0.360 e. The maximum Gasteiger partial charge on any atom is 0.145 e. The van der Waals surface area contributed by atoms with Crippen LogP contribution in [0.2, 0.25) is 0 Å². The number of benzene rings is 4. The van der Waals surface area contributed by atoms with Gasteiger partial charge in [-0.2, -0.15) is 0 Å². The molecule has 0 aromatic heterocycles. The van der Waals surface area contributed by atoms with Crippen molar-refractivity contribution in [2.24, 2.45) is 28.7 Å². The molecule has 2 saturated carbocycles. The first-order chi connectivity index (χ1) is 31.9. The minimum atomic E-state index is -0.155. The summed E-state index contributed by atoms with van der Waals surface area (Å²) in [5, 5.41) is 4.16. The van der Waals surface area contributed by atoms with E-state index < -0.39 is 0 Å². The van der Waals surface area contributed by atoms with Gasteiger partial charge in [0.25, 0.3) is 0 Å². The van der Waals surface area contributed by atoms with E-state index in [1.807, 2.05) is 0 Å². The van der Waals surface area contributed by atoms with Crippen LogP contribution >= 0.6 is 11.8 Å². The average Bonchev–Trinajstić information content (AvgIpc) is 3.80.